The van der Waals surface area contributed by atoms with Crippen molar-refractivity contribution in [3.05, 3.63) is 47.3 Å². The Labute approximate surface area is 161 Å². The van der Waals surface area contributed by atoms with Gasteiger partial charge in [0, 0.05) is 12.6 Å². The number of aromatic nitrogens is 3. The number of piperidine rings is 1. The van der Waals surface area contributed by atoms with Gasteiger partial charge in [0.15, 0.2) is 5.69 Å². The Bertz CT molecular complexity index is 736. The molecule has 2 aromatic rings. The van der Waals surface area contributed by atoms with E-state index in [1.54, 1.807) is 0 Å². The van der Waals surface area contributed by atoms with Crippen molar-refractivity contribution in [3.8, 4) is 0 Å². The fraction of sp³-hybridized carbons (Fsp3) is 0.571. The van der Waals surface area contributed by atoms with Gasteiger partial charge >= 0.3 is 0 Å². The molecule has 1 aliphatic heterocycles. The van der Waals surface area contributed by atoms with Gasteiger partial charge in [-0.1, -0.05) is 42.5 Å². The molecule has 0 bridgehead atoms. The topological polar surface area (TPSA) is 63.1 Å². The van der Waals surface area contributed by atoms with E-state index in [2.05, 4.69) is 46.8 Å². The molecule has 27 heavy (non-hydrogen) atoms. The van der Waals surface area contributed by atoms with Gasteiger partial charge in [-0.05, 0) is 58.2 Å². The number of amides is 1. The zero-order valence-corrected chi connectivity index (χ0v) is 16.7. The molecule has 1 N–H and O–H groups in total. The third-order valence-corrected chi connectivity index (χ3v) is 5.61. The average molecular weight is 370 g/mol. The molecule has 1 unspecified atom stereocenters. The summed E-state index contributed by atoms with van der Waals surface area (Å²) in [5.41, 5.74) is 2.65. The summed E-state index contributed by atoms with van der Waals surface area (Å²) >= 11 is 0. The van der Waals surface area contributed by atoms with Crippen LogP contribution in [0, 0.1) is 6.92 Å². The van der Waals surface area contributed by atoms with Crippen molar-refractivity contribution in [2.45, 2.75) is 58.5 Å². The van der Waals surface area contributed by atoms with Crippen LogP contribution in [0.2, 0.25) is 0 Å². The summed E-state index contributed by atoms with van der Waals surface area (Å²) in [7, 11) is 0. The average Bonchev–Trinajstić information content (AvgIpc) is 3.10. The molecule has 1 aromatic carbocycles. The molecule has 0 radical (unpaired) electrons. The minimum absolute atomic E-state index is 0.00188. The smallest absolute Gasteiger partial charge is 0.276 e. The lowest BCUT2D eigenvalue weighted by Gasteiger charge is -2.30. The summed E-state index contributed by atoms with van der Waals surface area (Å²) in [6.07, 6.45) is 3.83. The zero-order valence-electron chi connectivity index (χ0n) is 16.7. The van der Waals surface area contributed by atoms with E-state index in [4.69, 9.17) is 0 Å². The van der Waals surface area contributed by atoms with Crippen LogP contribution in [0.15, 0.2) is 30.3 Å². The second-order valence-electron chi connectivity index (χ2n) is 7.29. The number of carbonyl (C=O) groups is 1. The Morgan fingerprint density at radius 1 is 1.26 bits per heavy atom. The third kappa shape index (κ3) is 4.38. The van der Waals surface area contributed by atoms with Crippen LogP contribution in [0.25, 0.3) is 0 Å². The van der Waals surface area contributed by atoms with E-state index < -0.39 is 0 Å². The van der Waals surface area contributed by atoms with E-state index in [-0.39, 0.29) is 11.9 Å². The predicted octanol–water partition coefficient (Wildman–Crippen LogP) is 2.99. The van der Waals surface area contributed by atoms with Crippen molar-refractivity contribution < 1.29 is 4.79 Å². The van der Waals surface area contributed by atoms with Crippen molar-refractivity contribution in [2.24, 2.45) is 0 Å². The SMILES string of the molecule is CCC(Cc1ccccc1)N(CC)C(=O)c1nnn(C2CCNCC2)c1C. The summed E-state index contributed by atoms with van der Waals surface area (Å²) in [6, 6.07) is 10.9. The summed E-state index contributed by atoms with van der Waals surface area (Å²) < 4.78 is 1.96. The number of rotatable bonds is 7. The van der Waals surface area contributed by atoms with Gasteiger partial charge < -0.3 is 10.2 Å². The van der Waals surface area contributed by atoms with Gasteiger partial charge in [-0.2, -0.15) is 0 Å². The van der Waals surface area contributed by atoms with Crippen LogP contribution < -0.4 is 5.32 Å². The van der Waals surface area contributed by atoms with Gasteiger partial charge in [-0.15, -0.1) is 5.10 Å². The number of hydrogen-bond donors (Lipinski definition) is 1. The minimum atomic E-state index is -0.00188. The fourth-order valence-corrected chi connectivity index (χ4v) is 4.00. The van der Waals surface area contributed by atoms with Gasteiger partial charge in [0.05, 0.1) is 11.7 Å². The Hall–Kier alpha value is -2.21. The molecule has 1 aromatic heterocycles. The predicted molar refractivity (Wildman–Crippen MR) is 107 cm³/mol. The largest absolute Gasteiger partial charge is 0.334 e. The van der Waals surface area contributed by atoms with E-state index in [0.29, 0.717) is 18.3 Å². The van der Waals surface area contributed by atoms with Gasteiger partial charge in [-0.3, -0.25) is 4.79 Å². The molecule has 0 spiro atoms. The maximum absolute atomic E-state index is 13.3. The second-order valence-corrected chi connectivity index (χ2v) is 7.29. The highest BCUT2D eigenvalue weighted by Crippen LogP contribution is 2.22. The molecule has 1 aliphatic rings. The van der Waals surface area contributed by atoms with Crippen LogP contribution in [-0.2, 0) is 6.42 Å². The summed E-state index contributed by atoms with van der Waals surface area (Å²) in [6.45, 7) is 8.80. The number of hydrogen-bond acceptors (Lipinski definition) is 4. The Morgan fingerprint density at radius 2 is 1.96 bits per heavy atom. The lowest BCUT2D eigenvalue weighted by Crippen LogP contribution is -2.41. The fourth-order valence-electron chi connectivity index (χ4n) is 4.00. The third-order valence-electron chi connectivity index (χ3n) is 5.61. The molecular weight excluding hydrogens is 338 g/mol. The molecular formula is C21H31N5O. The number of nitrogens with zero attached hydrogens (tertiary/aromatic N) is 4. The standard InChI is InChI=1S/C21H31N5O/c1-4-18(15-17-9-7-6-8-10-17)25(5-2)21(27)20-16(3)26(24-23-20)19-11-13-22-14-12-19/h6-10,18-19,22H,4-5,11-15H2,1-3H3. The monoisotopic (exact) mass is 369 g/mol. The molecule has 6 nitrogen and oxygen atoms in total. The molecule has 1 saturated heterocycles. The molecule has 0 saturated carbocycles. The first kappa shape index (κ1) is 19.5. The zero-order chi connectivity index (χ0) is 19.2. The molecule has 2 heterocycles. The Morgan fingerprint density at radius 3 is 2.59 bits per heavy atom. The van der Waals surface area contributed by atoms with E-state index in [1.165, 1.54) is 5.56 Å². The maximum atomic E-state index is 13.3. The number of likely N-dealkylation sites (N-methyl/N-ethyl adjacent to an activating group) is 1. The van der Waals surface area contributed by atoms with Crippen LogP contribution in [0.1, 0.15) is 60.9 Å². The molecule has 6 heteroatoms. The van der Waals surface area contributed by atoms with Gasteiger partial charge in [0.2, 0.25) is 0 Å². The molecule has 1 atom stereocenters. The molecule has 0 aliphatic carbocycles. The van der Waals surface area contributed by atoms with Crippen LogP contribution in [-0.4, -0.2) is 51.5 Å². The lowest BCUT2D eigenvalue weighted by atomic mass is 10.0. The van der Waals surface area contributed by atoms with Crippen molar-refractivity contribution >= 4 is 5.91 Å². The second kappa shape index (κ2) is 9.13. The van der Waals surface area contributed by atoms with Crippen molar-refractivity contribution in [3.63, 3.8) is 0 Å². The highest BCUT2D eigenvalue weighted by atomic mass is 16.2. The molecule has 1 fully saturated rings. The summed E-state index contributed by atoms with van der Waals surface area (Å²) in [5.74, 6) is -0.00188. The normalized spacial score (nSPS) is 16.3. The summed E-state index contributed by atoms with van der Waals surface area (Å²) in [5, 5.41) is 12.0. The Kier molecular flexibility index (Phi) is 6.61. The quantitative estimate of drug-likeness (QED) is 0.815. The van der Waals surface area contributed by atoms with E-state index in [9.17, 15) is 4.79 Å². The van der Waals surface area contributed by atoms with Crippen LogP contribution >= 0.6 is 0 Å². The summed E-state index contributed by atoms with van der Waals surface area (Å²) in [4.78, 5) is 15.2. The Balaban J connectivity index is 1.78. The van der Waals surface area contributed by atoms with Gasteiger partial charge in [0.1, 0.15) is 0 Å². The maximum Gasteiger partial charge on any atom is 0.276 e. The minimum Gasteiger partial charge on any atom is -0.334 e. The lowest BCUT2D eigenvalue weighted by molar-refractivity contribution is 0.0677. The molecule has 146 valence electrons. The molecule has 1 amide bonds. The van der Waals surface area contributed by atoms with Crippen LogP contribution in [0.4, 0.5) is 0 Å². The molecule has 3 rings (SSSR count). The number of carbonyl (C=O) groups excluding carboxylic acids is 1. The van der Waals surface area contributed by atoms with E-state index in [1.807, 2.05) is 29.5 Å². The highest BCUT2D eigenvalue weighted by molar-refractivity contribution is 5.93. The highest BCUT2D eigenvalue weighted by Gasteiger charge is 2.28. The van der Waals surface area contributed by atoms with Gasteiger partial charge in [0.25, 0.3) is 5.91 Å². The van der Waals surface area contributed by atoms with Gasteiger partial charge in [-0.25, -0.2) is 4.68 Å². The van der Waals surface area contributed by atoms with E-state index >= 15 is 0 Å². The van der Waals surface area contributed by atoms with Crippen molar-refractivity contribution in [1.82, 2.24) is 25.2 Å². The van der Waals surface area contributed by atoms with Crippen molar-refractivity contribution in [2.75, 3.05) is 19.6 Å². The van der Waals surface area contributed by atoms with Crippen LogP contribution in [0.5, 0.6) is 0 Å². The van der Waals surface area contributed by atoms with Crippen molar-refractivity contribution in [1.29, 1.82) is 0 Å². The number of benzene rings is 1. The first-order valence-electron chi connectivity index (χ1n) is 10.1. The number of nitrogens with one attached hydrogen (secondary N) is 1. The van der Waals surface area contributed by atoms with E-state index in [0.717, 1.165) is 44.5 Å². The van der Waals surface area contributed by atoms with Crippen LogP contribution in [0.3, 0.4) is 0 Å². The first-order valence-corrected chi connectivity index (χ1v) is 10.1. The first-order chi connectivity index (χ1) is 13.2.